The quantitative estimate of drug-likeness (QED) is 0.769. The maximum atomic E-state index is 11.9. The van der Waals surface area contributed by atoms with E-state index in [1.165, 1.54) is 0 Å². The topological polar surface area (TPSA) is 56.2 Å². The van der Waals surface area contributed by atoms with Gasteiger partial charge in [-0.05, 0) is 31.5 Å². The lowest BCUT2D eigenvalue weighted by Gasteiger charge is -2.03. The lowest BCUT2D eigenvalue weighted by molar-refractivity contribution is 0.558. The van der Waals surface area contributed by atoms with Crippen molar-refractivity contribution in [2.45, 2.75) is 20.4 Å². The van der Waals surface area contributed by atoms with Gasteiger partial charge in [0.2, 0.25) is 0 Å². The second-order valence-corrected chi connectivity index (χ2v) is 3.65. The van der Waals surface area contributed by atoms with E-state index in [2.05, 4.69) is 0 Å². The summed E-state index contributed by atoms with van der Waals surface area (Å²) in [4.78, 5) is 11.9. The van der Waals surface area contributed by atoms with Gasteiger partial charge in [-0.2, -0.15) is 0 Å². The Morgan fingerprint density at radius 1 is 1.33 bits per heavy atom. The van der Waals surface area contributed by atoms with Crippen molar-refractivity contribution in [3.8, 4) is 0 Å². The Labute approximate surface area is 87.5 Å². The van der Waals surface area contributed by atoms with Gasteiger partial charge >= 0.3 is 0 Å². The maximum absolute atomic E-state index is 11.9. The highest BCUT2D eigenvalue weighted by Gasteiger charge is 2.07. The fraction of sp³-hybridized carbons (Fsp3) is 0.250. The van der Waals surface area contributed by atoms with Crippen LogP contribution in [0.4, 0.5) is 0 Å². The number of benzene rings is 1. The lowest BCUT2D eigenvalue weighted by atomic mass is 10.1. The molecule has 1 aromatic heterocycles. The largest absolute Gasteiger partial charge is 0.461 e. The highest BCUT2D eigenvalue weighted by molar-refractivity contribution is 5.78. The Balaban J connectivity index is 2.88. The molecule has 0 atom stereocenters. The van der Waals surface area contributed by atoms with Gasteiger partial charge in [0.25, 0.3) is 0 Å². The van der Waals surface area contributed by atoms with Crippen molar-refractivity contribution in [3.05, 3.63) is 45.3 Å². The summed E-state index contributed by atoms with van der Waals surface area (Å²) >= 11 is 0. The minimum absolute atomic E-state index is 0.0315. The van der Waals surface area contributed by atoms with Crippen LogP contribution in [0.5, 0.6) is 0 Å². The molecule has 0 fully saturated rings. The first-order valence-corrected chi connectivity index (χ1v) is 4.86. The van der Waals surface area contributed by atoms with E-state index in [1.54, 1.807) is 26.0 Å². The van der Waals surface area contributed by atoms with Crippen LogP contribution in [-0.2, 0) is 6.54 Å². The molecule has 0 unspecified atom stereocenters. The van der Waals surface area contributed by atoms with Gasteiger partial charge < -0.3 is 10.2 Å². The Morgan fingerprint density at radius 2 is 2.07 bits per heavy atom. The number of hydrogen-bond donors (Lipinski definition) is 1. The lowest BCUT2D eigenvalue weighted by Crippen LogP contribution is -2.08. The molecule has 0 aliphatic carbocycles. The highest BCUT2D eigenvalue weighted by Crippen LogP contribution is 2.16. The van der Waals surface area contributed by atoms with Gasteiger partial charge in [0.05, 0.1) is 5.39 Å². The minimum Gasteiger partial charge on any atom is -0.461 e. The Kier molecular flexibility index (Phi) is 2.32. The standard InChI is InChI=1S/C12H13NO2/c1-7-8(2)15-11-4-3-9(6-13)5-10(11)12(7)14/h3-5H,6,13H2,1-2H3. The average molecular weight is 203 g/mol. The Bertz CT molecular complexity index is 570. The van der Waals surface area contributed by atoms with E-state index in [-0.39, 0.29) is 5.43 Å². The van der Waals surface area contributed by atoms with Crippen LogP contribution in [0.15, 0.2) is 27.4 Å². The summed E-state index contributed by atoms with van der Waals surface area (Å²) in [6.45, 7) is 4.01. The summed E-state index contributed by atoms with van der Waals surface area (Å²) in [5.41, 5.74) is 7.79. The second-order valence-electron chi connectivity index (χ2n) is 3.65. The first kappa shape index (κ1) is 9.93. The van der Waals surface area contributed by atoms with Crippen molar-refractivity contribution < 1.29 is 4.42 Å². The molecule has 3 heteroatoms. The van der Waals surface area contributed by atoms with Crippen LogP contribution in [-0.4, -0.2) is 0 Å². The van der Waals surface area contributed by atoms with Crippen molar-refractivity contribution in [2.24, 2.45) is 5.73 Å². The van der Waals surface area contributed by atoms with Crippen molar-refractivity contribution in [3.63, 3.8) is 0 Å². The molecule has 0 bridgehead atoms. The summed E-state index contributed by atoms with van der Waals surface area (Å²) in [5, 5.41) is 0.612. The average Bonchev–Trinajstić information content (AvgIpc) is 2.26. The summed E-state index contributed by atoms with van der Waals surface area (Å²) in [5.74, 6) is 0.674. The van der Waals surface area contributed by atoms with Crippen molar-refractivity contribution in [2.75, 3.05) is 0 Å². The molecule has 78 valence electrons. The minimum atomic E-state index is 0.0315. The molecule has 2 rings (SSSR count). The van der Waals surface area contributed by atoms with Crippen molar-refractivity contribution in [1.29, 1.82) is 0 Å². The second kappa shape index (κ2) is 3.51. The van der Waals surface area contributed by atoms with Gasteiger partial charge in [0.1, 0.15) is 11.3 Å². The molecule has 15 heavy (non-hydrogen) atoms. The summed E-state index contributed by atoms with van der Waals surface area (Å²) in [6, 6.07) is 5.47. The smallest absolute Gasteiger partial charge is 0.195 e. The molecule has 0 saturated heterocycles. The third-order valence-electron chi connectivity index (χ3n) is 2.66. The molecule has 0 radical (unpaired) electrons. The van der Waals surface area contributed by atoms with Gasteiger partial charge in [-0.1, -0.05) is 6.07 Å². The summed E-state index contributed by atoms with van der Waals surface area (Å²) < 4.78 is 5.53. The first-order valence-electron chi connectivity index (χ1n) is 4.86. The summed E-state index contributed by atoms with van der Waals surface area (Å²) in [7, 11) is 0. The first-order chi connectivity index (χ1) is 7.13. The van der Waals surface area contributed by atoms with Crippen molar-refractivity contribution >= 4 is 11.0 Å². The SMILES string of the molecule is Cc1oc2ccc(CN)cc2c(=O)c1C. The van der Waals surface area contributed by atoms with E-state index in [9.17, 15) is 4.79 Å². The van der Waals surface area contributed by atoms with E-state index in [1.807, 2.05) is 6.07 Å². The fourth-order valence-electron chi connectivity index (χ4n) is 1.57. The van der Waals surface area contributed by atoms with Crippen LogP contribution in [0.25, 0.3) is 11.0 Å². The molecule has 2 N–H and O–H groups in total. The van der Waals surface area contributed by atoms with Crippen LogP contribution in [0, 0.1) is 13.8 Å². The van der Waals surface area contributed by atoms with Crippen molar-refractivity contribution in [1.82, 2.24) is 0 Å². The number of hydrogen-bond acceptors (Lipinski definition) is 3. The van der Waals surface area contributed by atoms with Gasteiger partial charge in [-0.3, -0.25) is 4.79 Å². The molecule has 0 saturated carbocycles. The third kappa shape index (κ3) is 1.55. The molecule has 0 amide bonds. The van der Waals surface area contributed by atoms with E-state index >= 15 is 0 Å². The van der Waals surface area contributed by atoms with E-state index in [0.29, 0.717) is 28.8 Å². The van der Waals surface area contributed by atoms with Crippen LogP contribution in [0.3, 0.4) is 0 Å². The van der Waals surface area contributed by atoms with E-state index in [4.69, 9.17) is 10.2 Å². The maximum Gasteiger partial charge on any atom is 0.195 e. The highest BCUT2D eigenvalue weighted by atomic mass is 16.3. The van der Waals surface area contributed by atoms with Crippen LogP contribution >= 0.6 is 0 Å². The third-order valence-corrected chi connectivity index (χ3v) is 2.66. The molecule has 1 aromatic carbocycles. The van der Waals surface area contributed by atoms with Gasteiger partial charge in [-0.15, -0.1) is 0 Å². The predicted octanol–water partition coefficient (Wildman–Crippen LogP) is 1.87. The van der Waals surface area contributed by atoms with Crippen LogP contribution in [0.2, 0.25) is 0 Å². The normalized spacial score (nSPS) is 10.9. The summed E-state index contributed by atoms with van der Waals surface area (Å²) in [6.07, 6.45) is 0. The molecule has 0 aliphatic rings. The van der Waals surface area contributed by atoms with E-state index < -0.39 is 0 Å². The molecular formula is C12H13NO2. The van der Waals surface area contributed by atoms with Crippen LogP contribution in [0.1, 0.15) is 16.9 Å². The van der Waals surface area contributed by atoms with Gasteiger partial charge in [0.15, 0.2) is 5.43 Å². The zero-order chi connectivity index (χ0) is 11.0. The zero-order valence-corrected chi connectivity index (χ0v) is 8.83. The number of nitrogens with two attached hydrogens (primary N) is 1. The van der Waals surface area contributed by atoms with Gasteiger partial charge in [-0.25, -0.2) is 0 Å². The van der Waals surface area contributed by atoms with Crippen LogP contribution < -0.4 is 11.2 Å². The number of rotatable bonds is 1. The van der Waals surface area contributed by atoms with E-state index in [0.717, 1.165) is 5.56 Å². The molecule has 1 heterocycles. The number of aryl methyl sites for hydroxylation is 1. The Morgan fingerprint density at radius 3 is 2.73 bits per heavy atom. The predicted molar refractivity (Wildman–Crippen MR) is 59.8 cm³/mol. The molecule has 0 spiro atoms. The fourth-order valence-corrected chi connectivity index (χ4v) is 1.57. The Hall–Kier alpha value is -1.61. The molecule has 2 aromatic rings. The molecule has 0 aliphatic heterocycles. The zero-order valence-electron chi connectivity index (χ0n) is 8.83. The molecular weight excluding hydrogens is 190 g/mol. The molecule has 3 nitrogen and oxygen atoms in total. The number of fused-ring (bicyclic) bond motifs is 1. The van der Waals surface area contributed by atoms with Gasteiger partial charge in [0, 0.05) is 12.1 Å². The monoisotopic (exact) mass is 203 g/mol.